The number of carbonyl (C=O) groups excluding carboxylic acids is 1. The minimum absolute atomic E-state index is 0.268. The van der Waals surface area contributed by atoms with Crippen molar-refractivity contribution >= 4 is 33.5 Å². The molecule has 158 valence electrons. The van der Waals surface area contributed by atoms with Crippen molar-refractivity contribution in [1.82, 2.24) is 15.0 Å². The number of hydrogen-bond donors (Lipinski definition) is 2. The third kappa shape index (κ3) is 3.43. The Morgan fingerprint density at radius 3 is 2.58 bits per heavy atom. The van der Waals surface area contributed by atoms with Gasteiger partial charge in [0.1, 0.15) is 5.69 Å². The van der Waals surface area contributed by atoms with Crippen molar-refractivity contribution in [2.24, 2.45) is 0 Å². The standard InChI is InChI=1S/C27H18N4O2/c32-26(31-27-28-16-24(30-27)25-13-6-14-33-25)21-15-23(29-22-12-4-3-10-20(21)22)19-11-5-8-17-7-1-2-9-18(17)19/h1-16H,(H2,28,30,31,32). The molecule has 0 atom stereocenters. The quantitative estimate of drug-likeness (QED) is 0.344. The number of nitrogens with one attached hydrogen (secondary N) is 2. The van der Waals surface area contributed by atoms with Crippen molar-refractivity contribution in [3.8, 4) is 22.7 Å². The Kier molecular flexibility index (Phi) is 4.47. The lowest BCUT2D eigenvalue weighted by atomic mass is 9.99. The van der Waals surface area contributed by atoms with Crippen LogP contribution < -0.4 is 5.32 Å². The molecule has 0 aliphatic carbocycles. The van der Waals surface area contributed by atoms with Gasteiger partial charge in [0.05, 0.1) is 29.2 Å². The van der Waals surface area contributed by atoms with Crippen LogP contribution in [0.15, 0.2) is 102 Å². The van der Waals surface area contributed by atoms with Gasteiger partial charge < -0.3 is 9.40 Å². The van der Waals surface area contributed by atoms with E-state index in [0.717, 1.165) is 32.9 Å². The zero-order valence-electron chi connectivity index (χ0n) is 17.4. The molecule has 0 fully saturated rings. The number of aromatic nitrogens is 3. The maximum absolute atomic E-state index is 13.3. The monoisotopic (exact) mass is 430 g/mol. The van der Waals surface area contributed by atoms with Crippen LogP contribution in [0.2, 0.25) is 0 Å². The molecular formula is C27H18N4O2. The van der Waals surface area contributed by atoms with Crippen molar-refractivity contribution in [3.05, 3.63) is 103 Å². The molecule has 6 nitrogen and oxygen atoms in total. The van der Waals surface area contributed by atoms with Crippen LogP contribution in [0.25, 0.3) is 44.4 Å². The number of H-pyrrole nitrogens is 1. The molecule has 3 aromatic carbocycles. The Morgan fingerprint density at radius 2 is 1.70 bits per heavy atom. The lowest BCUT2D eigenvalue weighted by Gasteiger charge is -2.11. The Bertz CT molecular complexity index is 1610. The van der Waals surface area contributed by atoms with Gasteiger partial charge in [0.2, 0.25) is 5.95 Å². The number of benzene rings is 3. The van der Waals surface area contributed by atoms with Crippen molar-refractivity contribution in [1.29, 1.82) is 0 Å². The van der Waals surface area contributed by atoms with Crippen LogP contribution in [0.3, 0.4) is 0 Å². The molecule has 0 spiro atoms. The summed E-state index contributed by atoms with van der Waals surface area (Å²) in [6, 6.07) is 27.4. The molecule has 0 radical (unpaired) electrons. The Hall–Kier alpha value is -4.71. The lowest BCUT2D eigenvalue weighted by molar-refractivity contribution is 0.102. The first kappa shape index (κ1) is 19.0. The third-order valence-electron chi connectivity index (χ3n) is 5.62. The molecule has 0 bridgehead atoms. The largest absolute Gasteiger partial charge is 0.463 e. The smallest absolute Gasteiger partial charge is 0.258 e. The summed E-state index contributed by atoms with van der Waals surface area (Å²) in [4.78, 5) is 25.6. The Labute approximate surface area is 188 Å². The second-order valence-corrected chi connectivity index (χ2v) is 7.68. The maximum atomic E-state index is 13.3. The third-order valence-corrected chi connectivity index (χ3v) is 5.62. The molecule has 0 aliphatic heterocycles. The minimum Gasteiger partial charge on any atom is -0.463 e. The number of aromatic amines is 1. The fourth-order valence-electron chi connectivity index (χ4n) is 4.07. The van der Waals surface area contributed by atoms with Crippen LogP contribution in [0.5, 0.6) is 0 Å². The molecule has 6 aromatic rings. The van der Waals surface area contributed by atoms with Gasteiger partial charge >= 0.3 is 0 Å². The predicted octanol–water partition coefficient (Wildman–Crippen LogP) is 6.29. The van der Waals surface area contributed by atoms with Crippen molar-refractivity contribution in [2.75, 3.05) is 5.32 Å². The molecule has 6 rings (SSSR count). The highest BCUT2D eigenvalue weighted by Crippen LogP contribution is 2.31. The first-order chi connectivity index (χ1) is 16.3. The fraction of sp³-hybridized carbons (Fsp3) is 0. The number of hydrogen-bond acceptors (Lipinski definition) is 4. The fourth-order valence-corrected chi connectivity index (χ4v) is 4.07. The number of nitrogens with zero attached hydrogens (tertiary/aromatic N) is 2. The van der Waals surface area contributed by atoms with E-state index in [0.29, 0.717) is 23.0 Å². The van der Waals surface area contributed by atoms with Gasteiger partial charge in [0, 0.05) is 10.9 Å². The van der Waals surface area contributed by atoms with Crippen LogP contribution in [0.1, 0.15) is 10.4 Å². The van der Waals surface area contributed by atoms with Crippen LogP contribution >= 0.6 is 0 Å². The molecule has 33 heavy (non-hydrogen) atoms. The lowest BCUT2D eigenvalue weighted by Crippen LogP contribution is -2.14. The van der Waals surface area contributed by atoms with Crippen molar-refractivity contribution < 1.29 is 9.21 Å². The first-order valence-electron chi connectivity index (χ1n) is 10.5. The molecule has 3 aromatic heterocycles. The van der Waals surface area contributed by atoms with E-state index < -0.39 is 0 Å². The highest BCUT2D eigenvalue weighted by atomic mass is 16.3. The molecule has 0 unspecified atom stereocenters. The summed E-state index contributed by atoms with van der Waals surface area (Å²) >= 11 is 0. The van der Waals surface area contributed by atoms with Gasteiger partial charge in [-0.15, -0.1) is 0 Å². The number of imidazole rings is 1. The van der Waals surface area contributed by atoms with E-state index in [-0.39, 0.29) is 5.91 Å². The Morgan fingerprint density at radius 1 is 0.879 bits per heavy atom. The molecule has 6 heteroatoms. The van der Waals surface area contributed by atoms with E-state index >= 15 is 0 Å². The predicted molar refractivity (Wildman–Crippen MR) is 129 cm³/mol. The van der Waals surface area contributed by atoms with Crippen LogP contribution in [0.4, 0.5) is 5.95 Å². The van der Waals surface area contributed by atoms with E-state index in [2.05, 4.69) is 33.5 Å². The molecule has 3 heterocycles. The van der Waals surface area contributed by atoms with E-state index in [1.807, 2.05) is 60.7 Å². The summed E-state index contributed by atoms with van der Waals surface area (Å²) < 4.78 is 5.39. The normalized spacial score (nSPS) is 11.2. The maximum Gasteiger partial charge on any atom is 0.258 e. The molecule has 0 saturated carbocycles. The molecule has 0 aliphatic rings. The van der Waals surface area contributed by atoms with Gasteiger partial charge in [-0.25, -0.2) is 9.97 Å². The number of pyridine rings is 1. The van der Waals surface area contributed by atoms with E-state index in [4.69, 9.17) is 9.40 Å². The second kappa shape index (κ2) is 7.76. The average Bonchev–Trinajstić information content (AvgIpc) is 3.55. The van der Waals surface area contributed by atoms with E-state index in [1.54, 1.807) is 18.5 Å². The second-order valence-electron chi connectivity index (χ2n) is 7.68. The topological polar surface area (TPSA) is 83.8 Å². The first-order valence-corrected chi connectivity index (χ1v) is 10.5. The highest BCUT2D eigenvalue weighted by Gasteiger charge is 2.17. The number of para-hydroxylation sites is 1. The molecule has 2 N–H and O–H groups in total. The SMILES string of the molecule is O=C(Nc1ncc(-c2ccco2)[nH]1)c1cc(-c2cccc3ccccc23)nc2ccccc12. The zero-order chi connectivity index (χ0) is 22.2. The summed E-state index contributed by atoms with van der Waals surface area (Å²) in [6.45, 7) is 0. The number of furan rings is 1. The van der Waals surface area contributed by atoms with E-state index in [1.165, 1.54) is 0 Å². The number of amides is 1. The van der Waals surface area contributed by atoms with Crippen LogP contribution in [0, 0.1) is 0 Å². The average molecular weight is 430 g/mol. The summed E-state index contributed by atoms with van der Waals surface area (Å²) in [7, 11) is 0. The number of anilines is 1. The Balaban J connectivity index is 1.43. The van der Waals surface area contributed by atoms with Gasteiger partial charge in [-0.1, -0.05) is 60.7 Å². The summed E-state index contributed by atoms with van der Waals surface area (Å²) in [5.41, 5.74) is 3.69. The van der Waals surface area contributed by atoms with Gasteiger partial charge in [-0.2, -0.15) is 0 Å². The van der Waals surface area contributed by atoms with Gasteiger partial charge in [-0.3, -0.25) is 10.1 Å². The van der Waals surface area contributed by atoms with Crippen molar-refractivity contribution in [3.63, 3.8) is 0 Å². The molecule has 1 amide bonds. The molecule has 0 saturated heterocycles. The minimum atomic E-state index is -0.268. The number of rotatable bonds is 4. The van der Waals surface area contributed by atoms with Gasteiger partial charge in [0.25, 0.3) is 5.91 Å². The highest BCUT2D eigenvalue weighted by molar-refractivity contribution is 6.13. The summed E-state index contributed by atoms with van der Waals surface area (Å²) in [5.74, 6) is 0.727. The van der Waals surface area contributed by atoms with E-state index in [9.17, 15) is 4.79 Å². The van der Waals surface area contributed by atoms with Gasteiger partial charge in [0.15, 0.2) is 5.76 Å². The van der Waals surface area contributed by atoms with Crippen LogP contribution in [-0.4, -0.2) is 20.9 Å². The number of carbonyl (C=O) groups is 1. The number of fused-ring (bicyclic) bond motifs is 2. The summed E-state index contributed by atoms with van der Waals surface area (Å²) in [6.07, 6.45) is 3.22. The molecular weight excluding hydrogens is 412 g/mol. The van der Waals surface area contributed by atoms with Crippen molar-refractivity contribution in [2.45, 2.75) is 0 Å². The van der Waals surface area contributed by atoms with Gasteiger partial charge in [-0.05, 0) is 35.0 Å². The zero-order valence-corrected chi connectivity index (χ0v) is 17.4. The van der Waals surface area contributed by atoms with Crippen LogP contribution in [-0.2, 0) is 0 Å². The summed E-state index contributed by atoms with van der Waals surface area (Å²) in [5, 5.41) is 5.86.